The lowest BCUT2D eigenvalue weighted by Crippen LogP contribution is -2.45. The van der Waals surface area contributed by atoms with Crippen LogP contribution in [0.5, 0.6) is 0 Å². The molecular formula is C20H24F3N3O3. The Hall–Kier alpha value is -2.58. The quantitative estimate of drug-likeness (QED) is 0.720. The van der Waals surface area contributed by atoms with E-state index in [4.69, 9.17) is 4.74 Å². The third kappa shape index (κ3) is 3.95. The summed E-state index contributed by atoms with van der Waals surface area (Å²) in [6.07, 6.45) is -2.30. The number of aromatic nitrogens is 2. The zero-order chi connectivity index (χ0) is 21.3. The number of amides is 1. The second-order valence-electron chi connectivity index (χ2n) is 7.34. The van der Waals surface area contributed by atoms with Crippen molar-refractivity contribution in [2.75, 3.05) is 19.7 Å². The van der Waals surface area contributed by atoms with E-state index >= 15 is 0 Å². The maximum atomic E-state index is 12.7. The van der Waals surface area contributed by atoms with E-state index in [1.807, 2.05) is 13.8 Å². The van der Waals surface area contributed by atoms with E-state index in [-0.39, 0.29) is 31.5 Å². The highest BCUT2D eigenvalue weighted by Crippen LogP contribution is 2.37. The van der Waals surface area contributed by atoms with Gasteiger partial charge in [0.15, 0.2) is 0 Å². The molecule has 1 atom stereocenters. The summed E-state index contributed by atoms with van der Waals surface area (Å²) in [5, 5.41) is 4.39. The molecule has 1 saturated heterocycles. The molecule has 0 radical (unpaired) electrons. The van der Waals surface area contributed by atoms with E-state index in [0.717, 1.165) is 16.2 Å². The molecule has 6 nitrogen and oxygen atoms in total. The first-order chi connectivity index (χ1) is 13.7. The van der Waals surface area contributed by atoms with Gasteiger partial charge in [-0.3, -0.25) is 4.79 Å². The van der Waals surface area contributed by atoms with Crippen molar-refractivity contribution < 1.29 is 27.5 Å². The molecule has 0 saturated carbocycles. The number of esters is 1. The van der Waals surface area contributed by atoms with Gasteiger partial charge in [0.1, 0.15) is 0 Å². The summed E-state index contributed by atoms with van der Waals surface area (Å²) < 4.78 is 44.9. The maximum Gasteiger partial charge on any atom is 0.471 e. The van der Waals surface area contributed by atoms with Gasteiger partial charge in [-0.25, -0.2) is 9.31 Å². The molecule has 29 heavy (non-hydrogen) atoms. The zero-order valence-corrected chi connectivity index (χ0v) is 16.6. The molecule has 1 aliphatic rings. The molecule has 1 fully saturated rings. The van der Waals surface area contributed by atoms with Crippen LogP contribution in [0.2, 0.25) is 0 Å². The first-order valence-corrected chi connectivity index (χ1v) is 9.66. The van der Waals surface area contributed by atoms with Crippen LogP contribution in [0.15, 0.2) is 18.3 Å². The van der Waals surface area contributed by atoms with Gasteiger partial charge in [-0.05, 0) is 50.3 Å². The predicted molar refractivity (Wildman–Crippen MR) is 99.7 cm³/mol. The topological polar surface area (TPSA) is 63.9 Å². The molecule has 1 unspecified atom stereocenters. The Kier molecular flexibility index (Phi) is 5.86. The molecule has 0 N–H and O–H groups in total. The summed E-state index contributed by atoms with van der Waals surface area (Å²) in [5.74, 6) is -2.18. The Bertz CT molecular complexity index is 915. The second kappa shape index (κ2) is 8.04. The van der Waals surface area contributed by atoms with Crippen molar-refractivity contribution >= 4 is 17.4 Å². The fourth-order valence-electron chi connectivity index (χ4n) is 4.23. The Morgan fingerprint density at radius 3 is 2.55 bits per heavy atom. The van der Waals surface area contributed by atoms with Gasteiger partial charge in [0, 0.05) is 30.9 Å². The summed E-state index contributed by atoms with van der Waals surface area (Å²) >= 11 is 0. The van der Waals surface area contributed by atoms with Gasteiger partial charge in [-0.1, -0.05) is 6.92 Å². The molecule has 1 aliphatic heterocycles. The summed E-state index contributed by atoms with van der Waals surface area (Å²) in [4.78, 5) is 24.8. The van der Waals surface area contributed by atoms with Crippen LogP contribution in [0.1, 0.15) is 54.2 Å². The smallest absolute Gasteiger partial charge is 0.462 e. The lowest BCUT2D eigenvalue weighted by molar-refractivity contribution is -0.186. The van der Waals surface area contributed by atoms with Crippen LogP contribution in [-0.4, -0.2) is 52.3 Å². The number of likely N-dealkylation sites (tertiary alicyclic amines) is 1. The highest BCUT2D eigenvalue weighted by atomic mass is 19.4. The van der Waals surface area contributed by atoms with Crippen molar-refractivity contribution in [2.24, 2.45) is 5.92 Å². The maximum absolute atomic E-state index is 12.7. The van der Waals surface area contributed by atoms with Crippen molar-refractivity contribution in [1.82, 2.24) is 14.5 Å². The monoisotopic (exact) mass is 411 g/mol. The first-order valence-electron chi connectivity index (χ1n) is 9.66. The van der Waals surface area contributed by atoms with Gasteiger partial charge in [0.05, 0.1) is 17.7 Å². The Labute approximate surface area is 166 Å². The van der Waals surface area contributed by atoms with E-state index < -0.39 is 18.1 Å². The summed E-state index contributed by atoms with van der Waals surface area (Å²) in [7, 11) is 0. The van der Waals surface area contributed by atoms with Gasteiger partial charge in [-0.2, -0.15) is 18.3 Å². The van der Waals surface area contributed by atoms with E-state index in [2.05, 4.69) is 5.10 Å². The average Bonchev–Trinajstić information content (AvgIpc) is 2.98. The van der Waals surface area contributed by atoms with Crippen LogP contribution < -0.4 is 0 Å². The van der Waals surface area contributed by atoms with Gasteiger partial charge >= 0.3 is 18.1 Å². The number of rotatable bonds is 4. The number of carbonyl (C=O) groups excluding carboxylic acids is 2. The minimum Gasteiger partial charge on any atom is -0.462 e. The lowest BCUT2D eigenvalue weighted by atomic mass is 9.82. The van der Waals surface area contributed by atoms with E-state index in [0.29, 0.717) is 23.9 Å². The third-order valence-electron chi connectivity index (χ3n) is 5.68. The standard InChI is InChI=1S/C20H24F3N3O3/c1-4-29-18(27)16-13(3)17(26-15(16)6-5-9-24-26)12(2)14-7-10-25(11-8-14)19(28)20(21,22)23/h5-6,9,12,14H,4,7-8,10-11H2,1-3H3. The molecule has 0 aliphatic carbocycles. The zero-order valence-electron chi connectivity index (χ0n) is 16.6. The number of halogens is 3. The minimum atomic E-state index is -4.84. The van der Waals surface area contributed by atoms with Crippen LogP contribution in [0.25, 0.3) is 5.52 Å². The number of hydrogen-bond donors (Lipinski definition) is 0. The molecule has 0 bridgehead atoms. The van der Waals surface area contributed by atoms with E-state index in [1.165, 1.54) is 0 Å². The molecule has 3 rings (SSSR count). The molecule has 0 spiro atoms. The molecule has 158 valence electrons. The minimum absolute atomic E-state index is 0.0521. The van der Waals surface area contributed by atoms with Crippen LogP contribution in [0.3, 0.4) is 0 Å². The number of fused-ring (bicyclic) bond motifs is 1. The number of nitrogens with zero attached hydrogens (tertiary/aromatic N) is 3. The molecular weight excluding hydrogens is 387 g/mol. The fraction of sp³-hybridized carbons (Fsp3) is 0.550. The number of alkyl halides is 3. The summed E-state index contributed by atoms with van der Waals surface area (Å²) in [5.41, 5.74) is 2.73. The Morgan fingerprint density at radius 1 is 1.31 bits per heavy atom. The number of hydrogen-bond acceptors (Lipinski definition) is 4. The average molecular weight is 411 g/mol. The van der Waals surface area contributed by atoms with Crippen molar-refractivity contribution in [2.45, 2.75) is 45.7 Å². The number of ether oxygens (including phenoxy) is 1. The largest absolute Gasteiger partial charge is 0.471 e. The molecule has 9 heteroatoms. The van der Waals surface area contributed by atoms with Crippen LogP contribution in [0, 0.1) is 12.8 Å². The van der Waals surface area contributed by atoms with Crippen molar-refractivity contribution in [1.29, 1.82) is 0 Å². The predicted octanol–water partition coefficient (Wildman–Crippen LogP) is 3.72. The molecule has 1 amide bonds. The van der Waals surface area contributed by atoms with Gasteiger partial charge in [0.2, 0.25) is 0 Å². The van der Waals surface area contributed by atoms with Crippen molar-refractivity contribution in [3.8, 4) is 0 Å². The van der Waals surface area contributed by atoms with E-state index in [1.54, 1.807) is 29.8 Å². The first kappa shape index (κ1) is 21.1. The third-order valence-corrected chi connectivity index (χ3v) is 5.68. The molecule has 2 aromatic heterocycles. The highest BCUT2D eigenvalue weighted by molar-refractivity contribution is 5.99. The van der Waals surface area contributed by atoms with Crippen LogP contribution >= 0.6 is 0 Å². The summed E-state index contributed by atoms with van der Waals surface area (Å²) in [6.45, 7) is 5.96. The summed E-state index contributed by atoms with van der Waals surface area (Å²) in [6, 6.07) is 3.54. The van der Waals surface area contributed by atoms with Gasteiger partial charge < -0.3 is 9.64 Å². The highest BCUT2D eigenvalue weighted by Gasteiger charge is 2.44. The Balaban J connectivity index is 1.87. The SMILES string of the molecule is CCOC(=O)c1c(C)c(C(C)C2CCN(C(=O)C(F)(F)F)CC2)n2ncccc12. The molecule has 0 aromatic carbocycles. The molecule has 2 aromatic rings. The number of piperidine rings is 1. The second-order valence-corrected chi connectivity index (χ2v) is 7.34. The van der Waals surface area contributed by atoms with Gasteiger partial charge in [0.25, 0.3) is 0 Å². The normalized spacial score (nSPS) is 16.8. The van der Waals surface area contributed by atoms with Crippen molar-refractivity contribution in [3.63, 3.8) is 0 Å². The molecule has 3 heterocycles. The lowest BCUT2D eigenvalue weighted by Gasteiger charge is -2.35. The fourth-order valence-corrected chi connectivity index (χ4v) is 4.23. The van der Waals surface area contributed by atoms with E-state index in [9.17, 15) is 22.8 Å². The van der Waals surface area contributed by atoms with Crippen LogP contribution in [0.4, 0.5) is 13.2 Å². The van der Waals surface area contributed by atoms with Crippen molar-refractivity contribution in [3.05, 3.63) is 35.2 Å². The van der Waals surface area contributed by atoms with Gasteiger partial charge in [-0.15, -0.1) is 0 Å². The Morgan fingerprint density at radius 2 is 1.97 bits per heavy atom. The van der Waals surface area contributed by atoms with Crippen LogP contribution in [-0.2, 0) is 9.53 Å². The number of carbonyl (C=O) groups is 2.